The lowest BCUT2D eigenvalue weighted by Gasteiger charge is -2.06. The SMILES string of the molecule is Cc1cccc(CNC(=O)c2cccc(I)c2)c1. The summed E-state index contributed by atoms with van der Waals surface area (Å²) in [4.78, 5) is 11.9. The minimum Gasteiger partial charge on any atom is -0.348 e. The molecule has 0 fully saturated rings. The van der Waals surface area contributed by atoms with Gasteiger partial charge in [-0.3, -0.25) is 4.79 Å². The molecule has 1 N–H and O–H groups in total. The summed E-state index contributed by atoms with van der Waals surface area (Å²) < 4.78 is 1.07. The minimum atomic E-state index is -0.0324. The van der Waals surface area contributed by atoms with Crippen LogP contribution in [0.3, 0.4) is 0 Å². The Hall–Kier alpha value is -1.36. The van der Waals surface area contributed by atoms with E-state index >= 15 is 0 Å². The topological polar surface area (TPSA) is 29.1 Å². The lowest BCUT2D eigenvalue weighted by atomic mass is 10.1. The van der Waals surface area contributed by atoms with E-state index in [1.165, 1.54) is 5.56 Å². The number of carbonyl (C=O) groups is 1. The van der Waals surface area contributed by atoms with Gasteiger partial charge in [-0.25, -0.2) is 0 Å². The van der Waals surface area contributed by atoms with Crippen LogP contribution in [-0.4, -0.2) is 5.91 Å². The van der Waals surface area contributed by atoms with Crippen molar-refractivity contribution in [3.05, 3.63) is 68.8 Å². The minimum absolute atomic E-state index is 0.0324. The number of nitrogens with one attached hydrogen (secondary N) is 1. The molecule has 3 heteroatoms. The molecule has 92 valence electrons. The summed E-state index contributed by atoms with van der Waals surface area (Å²) in [5.74, 6) is -0.0324. The highest BCUT2D eigenvalue weighted by molar-refractivity contribution is 14.1. The van der Waals surface area contributed by atoms with Crippen molar-refractivity contribution in [2.24, 2.45) is 0 Å². The maximum atomic E-state index is 11.9. The molecule has 2 aromatic rings. The fraction of sp³-hybridized carbons (Fsp3) is 0.133. The second-order valence-corrected chi connectivity index (χ2v) is 5.43. The monoisotopic (exact) mass is 351 g/mol. The van der Waals surface area contributed by atoms with Gasteiger partial charge in [0.05, 0.1) is 0 Å². The summed E-state index contributed by atoms with van der Waals surface area (Å²) >= 11 is 2.20. The standard InChI is InChI=1S/C15H14INO/c1-11-4-2-5-12(8-11)10-17-15(18)13-6-3-7-14(16)9-13/h2-9H,10H2,1H3,(H,17,18). The van der Waals surface area contributed by atoms with E-state index < -0.39 is 0 Å². The first kappa shape index (κ1) is 13.1. The fourth-order valence-corrected chi connectivity index (χ4v) is 2.28. The predicted molar refractivity (Wildman–Crippen MR) is 81.5 cm³/mol. The van der Waals surface area contributed by atoms with E-state index in [9.17, 15) is 4.79 Å². The zero-order valence-corrected chi connectivity index (χ0v) is 12.3. The first-order valence-corrected chi connectivity index (χ1v) is 6.82. The van der Waals surface area contributed by atoms with E-state index in [4.69, 9.17) is 0 Å². The molecular weight excluding hydrogens is 337 g/mol. The van der Waals surface area contributed by atoms with Crippen LogP contribution < -0.4 is 5.32 Å². The average molecular weight is 351 g/mol. The third kappa shape index (κ3) is 3.57. The van der Waals surface area contributed by atoms with Crippen LogP contribution in [0.15, 0.2) is 48.5 Å². The summed E-state index contributed by atoms with van der Waals surface area (Å²) in [5, 5.41) is 2.93. The molecule has 0 spiro atoms. The van der Waals surface area contributed by atoms with Crippen LogP contribution in [0.2, 0.25) is 0 Å². The van der Waals surface area contributed by atoms with Crippen molar-refractivity contribution in [2.75, 3.05) is 0 Å². The summed E-state index contributed by atoms with van der Waals surface area (Å²) in [5.41, 5.74) is 3.03. The number of carbonyl (C=O) groups excluding carboxylic acids is 1. The van der Waals surface area contributed by atoms with Crippen LogP contribution in [0.1, 0.15) is 21.5 Å². The quantitative estimate of drug-likeness (QED) is 0.843. The zero-order valence-electron chi connectivity index (χ0n) is 10.1. The second-order valence-electron chi connectivity index (χ2n) is 4.18. The van der Waals surface area contributed by atoms with Gasteiger partial charge < -0.3 is 5.32 Å². The predicted octanol–water partition coefficient (Wildman–Crippen LogP) is 3.53. The lowest BCUT2D eigenvalue weighted by molar-refractivity contribution is 0.0951. The smallest absolute Gasteiger partial charge is 0.251 e. The number of amides is 1. The lowest BCUT2D eigenvalue weighted by Crippen LogP contribution is -2.22. The van der Waals surface area contributed by atoms with E-state index in [2.05, 4.69) is 34.0 Å². The van der Waals surface area contributed by atoms with Crippen molar-refractivity contribution >= 4 is 28.5 Å². The van der Waals surface area contributed by atoms with Gasteiger partial charge in [-0.2, -0.15) is 0 Å². The summed E-state index contributed by atoms with van der Waals surface area (Å²) in [6, 6.07) is 15.7. The highest BCUT2D eigenvalue weighted by atomic mass is 127. The van der Waals surface area contributed by atoms with Crippen LogP contribution in [0.25, 0.3) is 0 Å². The number of rotatable bonds is 3. The van der Waals surface area contributed by atoms with Crippen LogP contribution in [0.4, 0.5) is 0 Å². The summed E-state index contributed by atoms with van der Waals surface area (Å²) in [6.07, 6.45) is 0. The largest absolute Gasteiger partial charge is 0.348 e. The molecule has 0 radical (unpaired) electrons. The van der Waals surface area contributed by atoms with E-state index in [0.717, 1.165) is 9.13 Å². The van der Waals surface area contributed by atoms with Crippen LogP contribution in [0, 0.1) is 10.5 Å². The Kier molecular flexibility index (Phi) is 4.36. The molecule has 0 heterocycles. The molecule has 0 aliphatic rings. The first-order chi connectivity index (χ1) is 8.65. The van der Waals surface area contributed by atoms with E-state index in [0.29, 0.717) is 12.1 Å². The van der Waals surface area contributed by atoms with Gasteiger partial charge in [0.25, 0.3) is 5.91 Å². The summed E-state index contributed by atoms with van der Waals surface area (Å²) in [7, 11) is 0. The first-order valence-electron chi connectivity index (χ1n) is 5.74. The molecule has 0 aliphatic heterocycles. The van der Waals surface area contributed by atoms with Crippen LogP contribution in [-0.2, 0) is 6.54 Å². The van der Waals surface area contributed by atoms with Gasteiger partial charge in [-0.1, -0.05) is 35.9 Å². The number of hydrogen-bond acceptors (Lipinski definition) is 1. The fourth-order valence-electron chi connectivity index (χ4n) is 1.74. The summed E-state index contributed by atoms with van der Waals surface area (Å²) in [6.45, 7) is 2.61. The Morgan fingerprint density at radius 3 is 2.67 bits per heavy atom. The van der Waals surface area contributed by atoms with Gasteiger partial charge >= 0.3 is 0 Å². The number of halogens is 1. The third-order valence-electron chi connectivity index (χ3n) is 2.62. The highest BCUT2D eigenvalue weighted by Crippen LogP contribution is 2.08. The Bertz CT molecular complexity index is 566. The van der Waals surface area contributed by atoms with Crippen LogP contribution in [0.5, 0.6) is 0 Å². The maximum absolute atomic E-state index is 11.9. The van der Waals surface area contributed by atoms with Gasteiger partial charge in [0.1, 0.15) is 0 Å². The van der Waals surface area contributed by atoms with E-state index in [1.54, 1.807) is 0 Å². The zero-order chi connectivity index (χ0) is 13.0. The molecule has 0 unspecified atom stereocenters. The number of hydrogen-bond donors (Lipinski definition) is 1. The van der Waals surface area contributed by atoms with Gasteiger partial charge in [-0.05, 0) is 53.3 Å². The Labute approximate surface area is 121 Å². The molecular formula is C15H14INO. The number of benzene rings is 2. The molecule has 2 aromatic carbocycles. The molecule has 1 amide bonds. The Morgan fingerprint density at radius 1 is 1.17 bits per heavy atom. The molecule has 2 nitrogen and oxygen atoms in total. The van der Waals surface area contributed by atoms with Crippen LogP contribution >= 0.6 is 22.6 Å². The van der Waals surface area contributed by atoms with Crippen molar-refractivity contribution in [3.63, 3.8) is 0 Å². The Balaban J connectivity index is 2.00. The van der Waals surface area contributed by atoms with Gasteiger partial charge in [-0.15, -0.1) is 0 Å². The van der Waals surface area contributed by atoms with Crippen molar-refractivity contribution in [3.8, 4) is 0 Å². The average Bonchev–Trinajstić information content (AvgIpc) is 2.36. The molecule has 0 saturated carbocycles. The Morgan fingerprint density at radius 2 is 1.94 bits per heavy atom. The maximum Gasteiger partial charge on any atom is 0.251 e. The van der Waals surface area contributed by atoms with Crippen molar-refractivity contribution in [1.82, 2.24) is 5.32 Å². The highest BCUT2D eigenvalue weighted by Gasteiger charge is 2.05. The van der Waals surface area contributed by atoms with Crippen molar-refractivity contribution in [1.29, 1.82) is 0 Å². The molecule has 0 bridgehead atoms. The molecule has 0 saturated heterocycles. The van der Waals surface area contributed by atoms with Gasteiger partial charge in [0.15, 0.2) is 0 Å². The molecule has 18 heavy (non-hydrogen) atoms. The normalized spacial score (nSPS) is 10.1. The van der Waals surface area contributed by atoms with Crippen molar-refractivity contribution < 1.29 is 4.79 Å². The van der Waals surface area contributed by atoms with Crippen molar-refractivity contribution in [2.45, 2.75) is 13.5 Å². The molecule has 0 aliphatic carbocycles. The van der Waals surface area contributed by atoms with E-state index in [-0.39, 0.29) is 5.91 Å². The third-order valence-corrected chi connectivity index (χ3v) is 3.29. The molecule has 0 aromatic heterocycles. The van der Waals surface area contributed by atoms with Gasteiger partial charge in [0.2, 0.25) is 0 Å². The second kappa shape index (κ2) is 6.00. The number of aryl methyl sites for hydroxylation is 1. The molecule has 0 atom stereocenters. The van der Waals surface area contributed by atoms with E-state index in [1.807, 2.05) is 49.4 Å². The van der Waals surface area contributed by atoms with Gasteiger partial charge in [0, 0.05) is 15.7 Å². The molecule has 2 rings (SSSR count).